The van der Waals surface area contributed by atoms with Crippen LogP contribution in [-0.2, 0) is 4.74 Å². The zero-order valence-electron chi connectivity index (χ0n) is 16.3. The van der Waals surface area contributed by atoms with Gasteiger partial charge in [-0.25, -0.2) is 0 Å². The summed E-state index contributed by atoms with van der Waals surface area (Å²) >= 11 is 0. The van der Waals surface area contributed by atoms with E-state index in [1.165, 1.54) is 12.1 Å². The maximum absolute atomic E-state index is 12.8. The Morgan fingerprint density at radius 2 is 1.56 bits per heavy atom. The summed E-state index contributed by atoms with van der Waals surface area (Å²) < 4.78 is 11.0. The summed E-state index contributed by atoms with van der Waals surface area (Å²) in [4.78, 5) is 12.8. The number of aliphatic hydroxyl groups is 4. The molecule has 0 amide bonds. The highest BCUT2D eigenvalue weighted by Crippen LogP contribution is 2.44. The van der Waals surface area contributed by atoms with E-state index in [4.69, 9.17) is 9.15 Å². The fourth-order valence-corrected chi connectivity index (χ4v) is 3.74. The normalized spacial score (nSPS) is 25.8. The Kier molecular flexibility index (Phi) is 5.44. The van der Waals surface area contributed by atoms with Gasteiger partial charge in [0.15, 0.2) is 16.9 Å². The van der Waals surface area contributed by atoms with Crippen LogP contribution in [0, 0.1) is 0 Å². The summed E-state index contributed by atoms with van der Waals surface area (Å²) in [7, 11) is 0. The molecule has 0 spiro atoms. The van der Waals surface area contributed by atoms with Gasteiger partial charge in [-0.3, -0.25) is 4.79 Å². The number of benzene rings is 2. The van der Waals surface area contributed by atoms with Crippen LogP contribution in [0.2, 0.25) is 0 Å². The van der Waals surface area contributed by atoms with Gasteiger partial charge >= 0.3 is 0 Å². The number of aliphatic hydroxyl groups excluding tert-OH is 4. The third-order valence-electron chi connectivity index (χ3n) is 5.45. The molecule has 11 heteroatoms. The molecular formula is C21H20O11. The summed E-state index contributed by atoms with van der Waals surface area (Å²) in [5.74, 6) is -2.28. The first-order valence-electron chi connectivity index (χ1n) is 9.49. The fraction of sp³-hybridized carbons (Fsp3) is 0.286. The molecule has 1 aliphatic rings. The van der Waals surface area contributed by atoms with E-state index in [0.29, 0.717) is 0 Å². The summed E-state index contributed by atoms with van der Waals surface area (Å²) in [6.45, 7) is -0.721. The molecule has 11 nitrogen and oxygen atoms in total. The van der Waals surface area contributed by atoms with Crippen molar-refractivity contribution in [2.75, 3.05) is 6.61 Å². The first-order valence-corrected chi connectivity index (χ1v) is 9.49. The molecule has 1 saturated heterocycles. The zero-order valence-corrected chi connectivity index (χ0v) is 16.3. The number of hydrogen-bond acceptors (Lipinski definition) is 11. The Hall–Kier alpha value is -3.35. The molecule has 2 heterocycles. The van der Waals surface area contributed by atoms with Crippen molar-refractivity contribution in [3.05, 3.63) is 46.1 Å². The number of rotatable bonds is 3. The minimum absolute atomic E-state index is 0.0304. The van der Waals surface area contributed by atoms with Gasteiger partial charge in [-0.1, -0.05) is 0 Å². The van der Waals surface area contributed by atoms with Gasteiger partial charge in [0, 0.05) is 17.7 Å². The average molecular weight is 448 g/mol. The summed E-state index contributed by atoms with van der Waals surface area (Å²) in [5.41, 5.74) is -1.17. The van der Waals surface area contributed by atoms with Crippen LogP contribution in [0.5, 0.6) is 23.0 Å². The van der Waals surface area contributed by atoms with Gasteiger partial charge in [0.05, 0.1) is 12.2 Å². The van der Waals surface area contributed by atoms with E-state index < -0.39 is 65.4 Å². The van der Waals surface area contributed by atoms with Crippen LogP contribution in [0.4, 0.5) is 0 Å². The fourth-order valence-electron chi connectivity index (χ4n) is 3.74. The standard InChI is InChI=1S/C21H20O11/c22-6-14-17(27)19(29)20(30)21(32-14)16-11(26)5-13-15(18(16)28)10(25)4-12(31-13)7-1-2-8(23)9(24)3-7/h1-5,14,17,19-24,26-30H,6H2/t14-,17-,19+,20-,21-/m1/s1. The Labute approximate surface area is 179 Å². The SMILES string of the molecule is O=c1cc(-c2ccc(O)c(O)c2)oc2cc(O)c([C@H]3O[C@H](CO)[C@@H](O)[C@H](O)[C@H]3O)c(O)c12. The molecular weight excluding hydrogens is 428 g/mol. The molecule has 3 aromatic rings. The minimum atomic E-state index is -1.80. The highest BCUT2D eigenvalue weighted by Gasteiger charge is 2.46. The summed E-state index contributed by atoms with van der Waals surface area (Å²) in [5, 5.41) is 79.6. The van der Waals surface area contributed by atoms with Crippen LogP contribution in [0.15, 0.2) is 39.5 Å². The summed E-state index contributed by atoms with van der Waals surface area (Å²) in [6.07, 6.45) is -8.09. The molecule has 32 heavy (non-hydrogen) atoms. The van der Waals surface area contributed by atoms with E-state index in [1.807, 2.05) is 0 Å². The lowest BCUT2D eigenvalue weighted by molar-refractivity contribution is -0.232. The Morgan fingerprint density at radius 1 is 0.844 bits per heavy atom. The lowest BCUT2D eigenvalue weighted by atomic mass is 9.89. The first kappa shape index (κ1) is 21.9. The van der Waals surface area contributed by atoms with Crippen molar-refractivity contribution in [2.45, 2.75) is 30.5 Å². The topological polar surface area (TPSA) is 201 Å². The predicted octanol–water partition coefficient (Wildman–Crippen LogP) is -0.203. The van der Waals surface area contributed by atoms with Crippen LogP contribution in [0.1, 0.15) is 11.7 Å². The second kappa shape index (κ2) is 7.97. The minimum Gasteiger partial charge on any atom is -0.507 e. The van der Waals surface area contributed by atoms with Crippen molar-refractivity contribution >= 4 is 11.0 Å². The number of fused-ring (bicyclic) bond motifs is 1. The number of ether oxygens (including phenoxy) is 1. The molecule has 1 aromatic heterocycles. The van der Waals surface area contributed by atoms with Crippen LogP contribution in [0.25, 0.3) is 22.3 Å². The molecule has 170 valence electrons. The molecule has 1 aliphatic heterocycles. The van der Waals surface area contributed by atoms with Gasteiger partial charge in [-0.05, 0) is 18.2 Å². The molecule has 4 rings (SSSR count). The predicted molar refractivity (Wildman–Crippen MR) is 107 cm³/mol. The molecule has 1 fully saturated rings. The Balaban J connectivity index is 1.86. The van der Waals surface area contributed by atoms with Crippen LogP contribution in [0.3, 0.4) is 0 Å². The van der Waals surface area contributed by atoms with E-state index in [-0.39, 0.29) is 28.0 Å². The van der Waals surface area contributed by atoms with Gasteiger partial charge in [0.2, 0.25) is 0 Å². The second-order valence-electron chi connectivity index (χ2n) is 7.46. The molecule has 5 atom stereocenters. The van der Waals surface area contributed by atoms with E-state index in [1.54, 1.807) is 0 Å². The van der Waals surface area contributed by atoms with Crippen molar-refractivity contribution in [1.29, 1.82) is 0 Å². The van der Waals surface area contributed by atoms with Crippen LogP contribution >= 0.6 is 0 Å². The smallest absolute Gasteiger partial charge is 0.197 e. The van der Waals surface area contributed by atoms with Gasteiger partial charge in [-0.15, -0.1) is 0 Å². The third-order valence-corrected chi connectivity index (χ3v) is 5.45. The number of hydrogen-bond donors (Lipinski definition) is 8. The zero-order chi connectivity index (χ0) is 23.3. The van der Waals surface area contributed by atoms with E-state index in [9.17, 15) is 45.6 Å². The maximum atomic E-state index is 12.8. The van der Waals surface area contributed by atoms with Gasteiger partial charge < -0.3 is 50.0 Å². The molecule has 2 aromatic carbocycles. The lowest BCUT2D eigenvalue weighted by Crippen LogP contribution is -2.55. The first-order chi connectivity index (χ1) is 15.1. The quantitative estimate of drug-likeness (QED) is 0.247. The molecule has 0 aliphatic carbocycles. The van der Waals surface area contributed by atoms with Crippen molar-refractivity contribution in [3.63, 3.8) is 0 Å². The molecule has 8 N–H and O–H groups in total. The van der Waals surface area contributed by atoms with Crippen molar-refractivity contribution < 1.29 is 50.0 Å². The molecule has 0 saturated carbocycles. The number of phenols is 4. The molecule has 0 unspecified atom stereocenters. The van der Waals surface area contributed by atoms with Gasteiger partial charge in [-0.2, -0.15) is 0 Å². The number of aromatic hydroxyl groups is 4. The summed E-state index contributed by atoms with van der Waals surface area (Å²) in [6, 6.07) is 5.73. The van der Waals surface area contributed by atoms with Crippen LogP contribution < -0.4 is 5.43 Å². The molecule has 0 bridgehead atoms. The van der Waals surface area contributed by atoms with Crippen molar-refractivity contribution in [3.8, 4) is 34.3 Å². The van der Waals surface area contributed by atoms with E-state index in [0.717, 1.165) is 18.2 Å². The largest absolute Gasteiger partial charge is 0.507 e. The van der Waals surface area contributed by atoms with Crippen molar-refractivity contribution in [2.24, 2.45) is 0 Å². The van der Waals surface area contributed by atoms with Gasteiger partial charge in [0.1, 0.15) is 58.7 Å². The van der Waals surface area contributed by atoms with Crippen LogP contribution in [-0.4, -0.2) is 71.9 Å². The Morgan fingerprint density at radius 3 is 2.22 bits per heavy atom. The third kappa shape index (κ3) is 3.42. The van der Waals surface area contributed by atoms with E-state index >= 15 is 0 Å². The maximum Gasteiger partial charge on any atom is 0.197 e. The van der Waals surface area contributed by atoms with Gasteiger partial charge in [0.25, 0.3) is 0 Å². The second-order valence-corrected chi connectivity index (χ2v) is 7.46. The highest BCUT2D eigenvalue weighted by atomic mass is 16.5. The van der Waals surface area contributed by atoms with E-state index in [2.05, 4.69) is 0 Å². The highest BCUT2D eigenvalue weighted by molar-refractivity contribution is 5.88. The lowest BCUT2D eigenvalue weighted by Gasteiger charge is -2.40. The molecule has 0 radical (unpaired) electrons. The monoisotopic (exact) mass is 448 g/mol. The Bertz CT molecular complexity index is 1230. The van der Waals surface area contributed by atoms with Crippen molar-refractivity contribution in [1.82, 2.24) is 0 Å². The average Bonchev–Trinajstić information content (AvgIpc) is 2.74. The number of phenolic OH excluding ortho intramolecular Hbond substituents is 4.